The summed E-state index contributed by atoms with van der Waals surface area (Å²) in [5, 5.41) is 5.89. The molecule has 1 saturated carbocycles. The lowest BCUT2D eigenvalue weighted by Gasteiger charge is -2.06. The number of rotatable bonds is 4. The Kier molecular flexibility index (Phi) is 3.85. The number of nitrogens with one attached hydrogen (secondary N) is 2. The van der Waals surface area contributed by atoms with Crippen molar-refractivity contribution in [2.45, 2.75) is 18.9 Å². The Labute approximate surface area is 130 Å². The number of carbonyl (C=O) groups excluding carboxylic acids is 2. The van der Waals surface area contributed by atoms with Gasteiger partial charge in [-0.15, -0.1) is 0 Å². The van der Waals surface area contributed by atoms with E-state index in [1.54, 1.807) is 6.07 Å². The lowest BCUT2D eigenvalue weighted by Crippen LogP contribution is -2.38. The second-order valence-electron chi connectivity index (χ2n) is 5.14. The largest absolute Gasteiger partial charge is 0.451 e. The molecule has 0 bridgehead atoms. The number of fused-ring (bicyclic) bond motifs is 1. The van der Waals surface area contributed by atoms with Crippen molar-refractivity contribution in [3.05, 3.63) is 45.3 Å². The van der Waals surface area contributed by atoms with Crippen LogP contribution in [-0.4, -0.2) is 24.4 Å². The van der Waals surface area contributed by atoms with Gasteiger partial charge in [0.2, 0.25) is 5.91 Å². The Hall–Kier alpha value is -2.34. The number of hydrogen-bond donors (Lipinski definition) is 2. The van der Waals surface area contributed by atoms with Gasteiger partial charge in [-0.2, -0.15) is 0 Å². The highest BCUT2D eigenvalue weighted by Gasteiger charge is 2.23. The van der Waals surface area contributed by atoms with E-state index >= 15 is 0 Å². The lowest BCUT2D eigenvalue weighted by atomic mass is 10.2. The minimum Gasteiger partial charge on any atom is -0.451 e. The summed E-state index contributed by atoms with van der Waals surface area (Å²) in [5.74, 6) is -1.01. The molecule has 0 unspecified atom stereocenters. The monoisotopic (exact) mass is 320 g/mol. The summed E-state index contributed by atoms with van der Waals surface area (Å²) >= 11 is 5.82. The van der Waals surface area contributed by atoms with Crippen molar-refractivity contribution in [1.82, 2.24) is 10.6 Å². The highest BCUT2D eigenvalue weighted by atomic mass is 35.5. The second kappa shape index (κ2) is 5.81. The molecule has 114 valence electrons. The first-order chi connectivity index (χ1) is 10.5. The average Bonchev–Trinajstić information content (AvgIpc) is 3.29. The summed E-state index contributed by atoms with van der Waals surface area (Å²) in [4.78, 5) is 35.4. The molecule has 1 aromatic carbocycles. The van der Waals surface area contributed by atoms with E-state index in [0.717, 1.165) is 18.9 Å². The molecule has 0 saturated heterocycles. The minimum atomic E-state index is -0.611. The van der Waals surface area contributed by atoms with Gasteiger partial charge in [-0.1, -0.05) is 11.6 Å². The van der Waals surface area contributed by atoms with Gasteiger partial charge in [0, 0.05) is 17.1 Å². The summed E-state index contributed by atoms with van der Waals surface area (Å²) in [6.07, 6.45) is 1.95. The first kappa shape index (κ1) is 14.6. The van der Waals surface area contributed by atoms with Gasteiger partial charge in [0.05, 0.1) is 11.9 Å². The van der Waals surface area contributed by atoms with Crippen molar-refractivity contribution in [3.63, 3.8) is 0 Å². The van der Waals surface area contributed by atoms with Crippen LogP contribution in [0.5, 0.6) is 0 Å². The van der Waals surface area contributed by atoms with Crippen LogP contribution in [-0.2, 0) is 4.79 Å². The second-order valence-corrected chi connectivity index (χ2v) is 5.58. The van der Waals surface area contributed by atoms with Gasteiger partial charge < -0.3 is 15.1 Å². The molecular formula is C15H13ClN2O4. The van der Waals surface area contributed by atoms with Crippen molar-refractivity contribution in [3.8, 4) is 0 Å². The van der Waals surface area contributed by atoms with E-state index in [1.807, 2.05) is 0 Å². The zero-order chi connectivity index (χ0) is 15.7. The highest BCUT2D eigenvalue weighted by molar-refractivity contribution is 6.31. The summed E-state index contributed by atoms with van der Waals surface area (Å²) in [6, 6.07) is 5.89. The molecule has 0 spiro atoms. The predicted molar refractivity (Wildman–Crippen MR) is 81.0 cm³/mol. The van der Waals surface area contributed by atoms with Gasteiger partial charge in [-0.25, -0.2) is 0 Å². The lowest BCUT2D eigenvalue weighted by molar-refractivity contribution is -0.120. The standard InChI is InChI=1S/C15H13ClN2O4/c16-8-1-4-12-10(5-8)11(19)6-13(22-12)15(21)17-7-14(20)18-9-2-3-9/h1,4-6,9H,2-3,7H2,(H,17,21)(H,18,20). The molecule has 0 aliphatic heterocycles. The van der Waals surface area contributed by atoms with Crippen molar-refractivity contribution in [1.29, 1.82) is 0 Å². The topological polar surface area (TPSA) is 88.4 Å². The van der Waals surface area contributed by atoms with Crippen LogP contribution in [0.15, 0.2) is 33.5 Å². The fraction of sp³-hybridized carbons (Fsp3) is 0.267. The van der Waals surface area contributed by atoms with Crippen LogP contribution in [0.1, 0.15) is 23.4 Å². The first-order valence-electron chi connectivity index (χ1n) is 6.84. The van der Waals surface area contributed by atoms with Crippen molar-refractivity contribution < 1.29 is 14.0 Å². The van der Waals surface area contributed by atoms with Gasteiger partial charge >= 0.3 is 0 Å². The number of carbonyl (C=O) groups is 2. The molecule has 1 aliphatic rings. The molecule has 6 nitrogen and oxygen atoms in total. The third kappa shape index (κ3) is 3.28. The van der Waals surface area contributed by atoms with E-state index in [-0.39, 0.29) is 35.3 Å². The number of halogens is 1. The smallest absolute Gasteiger partial charge is 0.287 e. The predicted octanol–water partition coefficient (Wildman–Crippen LogP) is 1.45. The Morgan fingerprint density at radius 2 is 2.05 bits per heavy atom. The molecule has 3 rings (SSSR count). The fourth-order valence-electron chi connectivity index (χ4n) is 1.99. The molecule has 2 N–H and O–H groups in total. The minimum absolute atomic E-state index is 0.140. The SMILES string of the molecule is O=C(CNC(=O)c1cc(=O)c2cc(Cl)ccc2o1)NC1CC1. The van der Waals surface area contributed by atoms with E-state index in [1.165, 1.54) is 12.1 Å². The van der Waals surface area contributed by atoms with Gasteiger partial charge in [-0.05, 0) is 31.0 Å². The first-order valence-corrected chi connectivity index (χ1v) is 7.22. The maximum atomic E-state index is 12.0. The summed E-state index contributed by atoms with van der Waals surface area (Å²) in [7, 11) is 0. The summed E-state index contributed by atoms with van der Waals surface area (Å²) in [5.41, 5.74) is -0.0965. The fourth-order valence-corrected chi connectivity index (χ4v) is 2.17. The van der Waals surface area contributed by atoms with Gasteiger partial charge in [-0.3, -0.25) is 14.4 Å². The quantitative estimate of drug-likeness (QED) is 0.892. The van der Waals surface area contributed by atoms with Gasteiger partial charge in [0.15, 0.2) is 11.2 Å². The Morgan fingerprint density at radius 1 is 1.27 bits per heavy atom. The molecular weight excluding hydrogens is 308 g/mol. The molecule has 1 aliphatic carbocycles. The molecule has 2 aromatic rings. The highest BCUT2D eigenvalue weighted by Crippen LogP contribution is 2.18. The molecule has 1 aromatic heterocycles. The van der Waals surface area contributed by atoms with E-state index in [4.69, 9.17) is 16.0 Å². The van der Waals surface area contributed by atoms with E-state index < -0.39 is 5.91 Å². The zero-order valence-corrected chi connectivity index (χ0v) is 12.3. The van der Waals surface area contributed by atoms with Crippen LogP contribution in [0.4, 0.5) is 0 Å². The number of amides is 2. The third-order valence-corrected chi connectivity index (χ3v) is 3.50. The Balaban J connectivity index is 1.74. The van der Waals surface area contributed by atoms with Crippen molar-refractivity contribution in [2.24, 2.45) is 0 Å². The third-order valence-electron chi connectivity index (χ3n) is 3.26. The summed E-state index contributed by atoms with van der Waals surface area (Å²) < 4.78 is 5.38. The average molecular weight is 321 g/mol. The van der Waals surface area contributed by atoms with Crippen LogP contribution < -0.4 is 16.1 Å². The van der Waals surface area contributed by atoms with E-state index in [0.29, 0.717) is 10.4 Å². The van der Waals surface area contributed by atoms with Gasteiger partial charge in [0.1, 0.15) is 5.58 Å². The van der Waals surface area contributed by atoms with E-state index in [2.05, 4.69) is 10.6 Å². The van der Waals surface area contributed by atoms with E-state index in [9.17, 15) is 14.4 Å². The Bertz CT molecular complexity index is 811. The molecule has 1 fully saturated rings. The van der Waals surface area contributed by atoms with Crippen LogP contribution >= 0.6 is 11.6 Å². The van der Waals surface area contributed by atoms with Crippen molar-refractivity contribution >= 4 is 34.4 Å². The molecule has 2 amide bonds. The molecule has 0 atom stereocenters. The van der Waals surface area contributed by atoms with Crippen LogP contribution in [0, 0.1) is 0 Å². The molecule has 1 heterocycles. The number of benzene rings is 1. The van der Waals surface area contributed by atoms with Gasteiger partial charge in [0.25, 0.3) is 5.91 Å². The maximum Gasteiger partial charge on any atom is 0.287 e. The van der Waals surface area contributed by atoms with Crippen molar-refractivity contribution in [2.75, 3.05) is 6.54 Å². The molecule has 0 radical (unpaired) electrons. The maximum absolute atomic E-state index is 12.0. The normalized spacial score (nSPS) is 13.9. The van der Waals surface area contributed by atoms with Crippen LogP contribution in [0.2, 0.25) is 5.02 Å². The molecule has 7 heteroatoms. The summed E-state index contributed by atoms with van der Waals surface area (Å²) in [6.45, 7) is -0.155. The van der Waals surface area contributed by atoms with Crippen LogP contribution in [0.3, 0.4) is 0 Å². The number of hydrogen-bond acceptors (Lipinski definition) is 4. The zero-order valence-electron chi connectivity index (χ0n) is 11.5. The molecule has 22 heavy (non-hydrogen) atoms. The Morgan fingerprint density at radius 3 is 2.77 bits per heavy atom. The van der Waals surface area contributed by atoms with Crippen LogP contribution in [0.25, 0.3) is 11.0 Å².